The van der Waals surface area contributed by atoms with E-state index in [1.54, 1.807) is 11.8 Å². The maximum atomic E-state index is 6.71. The first-order valence-electron chi connectivity index (χ1n) is 8.72. The third-order valence-corrected chi connectivity index (χ3v) is 4.20. The van der Waals surface area contributed by atoms with Gasteiger partial charge in [-0.15, -0.1) is 5.10 Å². The zero-order chi connectivity index (χ0) is 18.6. The number of pyridine rings is 1. The van der Waals surface area contributed by atoms with E-state index in [2.05, 4.69) is 22.2 Å². The number of aryl methyl sites for hydroxylation is 1. The highest BCUT2D eigenvalue weighted by molar-refractivity contribution is 5.28. The molecule has 0 aliphatic rings. The van der Waals surface area contributed by atoms with E-state index in [1.807, 2.05) is 50.2 Å². The molecule has 26 heavy (non-hydrogen) atoms. The number of methoxy groups -OCH3 is 1. The molecule has 0 fully saturated rings. The standard InChI is InChI=1S/C20H25N5O/c1-15-8-7-11-18(22-15)25-19(23-17(24-25)12-13-26-3)20(2,21)14-16-9-5-4-6-10-16/h4-11H,12-14,21H2,1-3H3. The molecule has 0 saturated heterocycles. The van der Waals surface area contributed by atoms with E-state index in [0.717, 1.165) is 17.1 Å². The number of nitrogens with two attached hydrogens (primary N) is 1. The molecule has 0 saturated carbocycles. The molecular weight excluding hydrogens is 326 g/mol. The fourth-order valence-corrected chi connectivity index (χ4v) is 2.93. The average molecular weight is 351 g/mol. The van der Waals surface area contributed by atoms with Gasteiger partial charge in [0.25, 0.3) is 0 Å². The highest BCUT2D eigenvalue weighted by atomic mass is 16.5. The molecule has 0 spiro atoms. The lowest BCUT2D eigenvalue weighted by Crippen LogP contribution is -2.38. The van der Waals surface area contributed by atoms with Gasteiger partial charge in [0.05, 0.1) is 12.1 Å². The minimum atomic E-state index is -0.689. The van der Waals surface area contributed by atoms with Gasteiger partial charge in [0.15, 0.2) is 17.5 Å². The van der Waals surface area contributed by atoms with E-state index in [4.69, 9.17) is 15.5 Å². The van der Waals surface area contributed by atoms with Crippen LogP contribution in [-0.4, -0.2) is 33.5 Å². The summed E-state index contributed by atoms with van der Waals surface area (Å²) in [6.45, 7) is 4.50. The van der Waals surface area contributed by atoms with Crippen molar-refractivity contribution in [3.63, 3.8) is 0 Å². The van der Waals surface area contributed by atoms with E-state index in [9.17, 15) is 0 Å². The van der Waals surface area contributed by atoms with Gasteiger partial charge in [0.1, 0.15) is 0 Å². The molecule has 0 amide bonds. The van der Waals surface area contributed by atoms with Crippen LogP contribution < -0.4 is 5.73 Å². The Hall–Kier alpha value is -2.57. The average Bonchev–Trinajstić information content (AvgIpc) is 3.06. The summed E-state index contributed by atoms with van der Waals surface area (Å²) in [5.41, 5.74) is 8.09. The van der Waals surface area contributed by atoms with E-state index >= 15 is 0 Å². The number of rotatable bonds is 7. The Morgan fingerprint density at radius 2 is 1.85 bits per heavy atom. The molecule has 136 valence electrons. The lowest BCUT2D eigenvalue weighted by molar-refractivity contribution is 0.200. The molecule has 1 aromatic carbocycles. The molecule has 0 aliphatic carbocycles. The Labute approximate surface area is 154 Å². The third kappa shape index (κ3) is 4.15. The molecule has 1 unspecified atom stereocenters. The molecule has 2 heterocycles. The molecule has 0 bridgehead atoms. The SMILES string of the molecule is COCCc1nc(C(C)(N)Cc2ccccc2)n(-c2cccc(C)n2)n1. The van der Waals surface area contributed by atoms with Gasteiger partial charge in [-0.2, -0.15) is 4.68 Å². The second kappa shape index (κ2) is 7.76. The monoisotopic (exact) mass is 351 g/mol. The Morgan fingerprint density at radius 1 is 1.08 bits per heavy atom. The maximum absolute atomic E-state index is 6.71. The van der Waals surface area contributed by atoms with Crippen molar-refractivity contribution in [3.05, 3.63) is 71.4 Å². The highest BCUT2D eigenvalue weighted by Gasteiger charge is 2.30. The Bertz CT molecular complexity index is 858. The molecule has 0 aliphatic heterocycles. The summed E-state index contributed by atoms with van der Waals surface area (Å²) >= 11 is 0. The summed E-state index contributed by atoms with van der Waals surface area (Å²) in [6, 6.07) is 16.0. The molecule has 2 N–H and O–H groups in total. The molecule has 3 rings (SSSR count). The summed E-state index contributed by atoms with van der Waals surface area (Å²) in [5, 5.41) is 4.65. The molecule has 0 radical (unpaired) electrons. The fourth-order valence-electron chi connectivity index (χ4n) is 2.93. The summed E-state index contributed by atoms with van der Waals surface area (Å²) in [7, 11) is 1.67. The van der Waals surface area contributed by atoms with Crippen molar-refractivity contribution >= 4 is 0 Å². The van der Waals surface area contributed by atoms with E-state index in [1.165, 1.54) is 0 Å². The van der Waals surface area contributed by atoms with Crippen LogP contribution in [0.5, 0.6) is 0 Å². The molecule has 1 atom stereocenters. The molecule has 6 nitrogen and oxygen atoms in total. The quantitative estimate of drug-likeness (QED) is 0.708. The van der Waals surface area contributed by atoms with E-state index in [-0.39, 0.29) is 0 Å². The smallest absolute Gasteiger partial charge is 0.155 e. The van der Waals surface area contributed by atoms with Gasteiger partial charge in [-0.1, -0.05) is 36.4 Å². The van der Waals surface area contributed by atoms with Gasteiger partial charge in [0, 0.05) is 19.2 Å². The summed E-state index contributed by atoms with van der Waals surface area (Å²) in [6.07, 6.45) is 1.28. The van der Waals surface area contributed by atoms with Crippen LogP contribution in [0.3, 0.4) is 0 Å². The minimum Gasteiger partial charge on any atom is -0.384 e. The van der Waals surface area contributed by atoms with Gasteiger partial charge in [-0.3, -0.25) is 0 Å². The van der Waals surface area contributed by atoms with Crippen molar-refractivity contribution < 1.29 is 4.74 Å². The van der Waals surface area contributed by atoms with Crippen LogP contribution in [0.25, 0.3) is 5.82 Å². The zero-order valence-electron chi connectivity index (χ0n) is 15.5. The summed E-state index contributed by atoms with van der Waals surface area (Å²) in [5.74, 6) is 2.13. The van der Waals surface area contributed by atoms with E-state index < -0.39 is 5.54 Å². The van der Waals surface area contributed by atoms with Crippen molar-refractivity contribution in [1.82, 2.24) is 19.7 Å². The lowest BCUT2D eigenvalue weighted by Gasteiger charge is -2.24. The number of hydrogen-bond acceptors (Lipinski definition) is 5. The molecular formula is C20H25N5O. The first-order valence-corrected chi connectivity index (χ1v) is 8.72. The predicted octanol–water partition coefficient (Wildman–Crippen LogP) is 2.58. The minimum absolute atomic E-state index is 0.560. The largest absolute Gasteiger partial charge is 0.384 e. The summed E-state index contributed by atoms with van der Waals surface area (Å²) < 4.78 is 6.93. The van der Waals surface area contributed by atoms with Crippen molar-refractivity contribution in [1.29, 1.82) is 0 Å². The van der Waals surface area contributed by atoms with Crippen molar-refractivity contribution in [2.45, 2.75) is 32.2 Å². The number of benzene rings is 1. The second-order valence-electron chi connectivity index (χ2n) is 6.72. The lowest BCUT2D eigenvalue weighted by atomic mass is 9.93. The van der Waals surface area contributed by atoms with Crippen LogP contribution in [0.2, 0.25) is 0 Å². The Kier molecular flexibility index (Phi) is 5.44. The van der Waals surface area contributed by atoms with Gasteiger partial charge >= 0.3 is 0 Å². The first-order chi connectivity index (χ1) is 12.5. The maximum Gasteiger partial charge on any atom is 0.155 e. The number of ether oxygens (including phenoxy) is 1. The first kappa shape index (κ1) is 18.2. The number of nitrogens with zero attached hydrogens (tertiary/aromatic N) is 4. The van der Waals surface area contributed by atoms with Gasteiger partial charge < -0.3 is 10.5 Å². The van der Waals surface area contributed by atoms with Crippen LogP contribution in [0, 0.1) is 6.92 Å². The normalized spacial score (nSPS) is 13.5. The summed E-state index contributed by atoms with van der Waals surface area (Å²) in [4.78, 5) is 9.32. The van der Waals surface area contributed by atoms with Crippen molar-refractivity contribution in [2.75, 3.05) is 13.7 Å². The highest BCUT2D eigenvalue weighted by Crippen LogP contribution is 2.23. The molecule has 6 heteroatoms. The van der Waals surface area contributed by atoms with Gasteiger partial charge in [-0.25, -0.2) is 9.97 Å². The molecule has 3 aromatic rings. The topological polar surface area (TPSA) is 78.9 Å². The van der Waals surface area contributed by atoms with Gasteiger partial charge in [0.2, 0.25) is 0 Å². The predicted molar refractivity (Wildman–Crippen MR) is 101 cm³/mol. The Balaban J connectivity index is 2.02. The Morgan fingerprint density at radius 3 is 2.54 bits per heavy atom. The second-order valence-corrected chi connectivity index (χ2v) is 6.72. The van der Waals surface area contributed by atoms with Crippen molar-refractivity contribution in [2.24, 2.45) is 5.73 Å². The van der Waals surface area contributed by atoms with Crippen molar-refractivity contribution in [3.8, 4) is 5.82 Å². The van der Waals surface area contributed by atoms with Crippen LogP contribution in [0.15, 0.2) is 48.5 Å². The van der Waals surface area contributed by atoms with Crippen LogP contribution in [0.4, 0.5) is 0 Å². The zero-order valence-corrected chi connectivity index (χ0v) is 15.5. The van der Waals surface area contributed by atoms with Crippen LogP contribution in [0.1, 0.15) is 29.8 Å². The third-order valence-electron chi connectivity index (χ3n) is 4.20. The number of aromatic nitrogens is 4. The van der Waals surface area contributed by atoms with Gasteiger partial charge in [-0.05, 0) is 38.0 Å². The fraction of sp³-hybridized carbons (Fsp3) is 0.350. The number of hydrogen-bond donors (Lipinski definition) is 1. The molecule has 2 aromatic heterocycles. The van der Waals surface area contributed by atoms with E-state index in [0.29, 0.717) is 31.1 Å². The van der Waals surface area contributed by atoms with Crippen LogP contribution in [-0.2, 0) is 23.1 Å². The van der Waals surface area contributed by atoms with Crippen LogP contribution >= 0.6 is 0 Å².